The van der Waals surface area contributed by atoms with E-state index >= 15 is 0 Å². The van der Waals surface area contributed by atoms with Crippen LogP contribution in [0.15, 0.2) is 10.5 Å². The topological polar surface area (TPSA) is 20.2 Å². The van der Waals surface area contributed by atoms with Crippen LogP contribution in [0.25, 0.3) is 0 Å². The maximum absolute atomic E-state index is 12.9. The van der Waals surface area contributed by atoms with Gasteiger partial charge in [-0.3, -0.25) is 0 Å². The van der Waals surface area contributed by atoms with E-state index in [1.165, 1.54) is 6.07 Å². The first-order valence-electron chi connectivity index (χ1n) is 3.18. The number of halogens is 2. The number of benzene rings is 1. The Morgan fingerprint density at radius 2 is 1.91 bits per heavy atom. The van der Waals surface area contributed by atoms with Gasteiger partial charge in [-0.2, -0.15) is 0 Å². The Balaban J connectivity index is 3.46. The van der Waals surface area contributed by atoms with Crippen molar-refractivity contribution >= 4 is 15.9 Å². The Hall–Kier alpha value is -0.570. The lowest BCUT2D eigenvalue weighted by Gasteiger charge is -2.05. The van der Waals surface area contributed by atoms with Crippen molar-refractivity contribution in [1.29, 1.82) is 0 Å². The summed E-state index contributed by atoms with van der Waals surface area (Å²) < 4.78 is 13.3. The van der Waals surface area contributed by atoms with Gasteiger partial charge in [0.1, 0.15) is 11.6 Å². The van der Waals surface area contributed by atoms with Gasteiger partial charge in [0.15, 0.2) is 0 Å². The van der Waals surface area contributed by atoms with Gasteiger partial charge in [0, 0.05) is 0 Å². The van der Waals surface area contributed by atoms with Crippen LogP contribution in [0.3, 0.4) is 0 Å². The Labute approximate surface area is 73.0 Å². The maximum Gasteiger partial charge on any atom is 0.133 e. The number of hydrogen-bond acceptors (Lipinski definition) is 1. The molecule has 0 saturated heterocycles. The molecule has 3 heteroatoms. The van der Waals surface area contributed by atoms with E-state index in [0.29, 0.717) is 15.6 Å². The van der Waals surface area contributed by atoms with E-state index in [4.69, 9.17) is 0 Å². The highest BCUT2D eigenvalue weighted by Crippen LogP contribution is 2.30. The van der Waals surface area contributed by atoms with Crippen LogP contribution in [0.5, 0.6) is 5.75 Å². The van der Waals surface area contributed by atoms with Crippen LogP contribution in [0.4, 0.5) is 4.39 Å². The quantitative estimate of drug-likeness (QED) is 0.711. The zero-order chi connectivity index (χ0) is 8.59. The molecular weight excluding hydrogens is 211 g/mol. The molecule has 0 aliphatic heterocycles. The van der Waals surface area contributed by atoms with Crippen LogP contribution < -0.4 is 0 Å². The normalized spacial score (nSPS) is 10.2. The Morgan fingerprint density at radius 3 is 2.45 bits per heavy atom. The van der Waals surface area contributed by atoms with Crippen molar-refractivity contribution in [1.82, 2.24) is 0 Å². The summed E-state index contributed by atoms with van der Waals surface area (Å²) in [6.45, 7) is 3.31. The van der Waals surface area contributed by atoms with Crippen LogP contribution in [0, 0.1) is 19.7 Å². The maximum atomic E-state index is 12.9. The minimum Gasteiger partial charge on any atom is -0.506 e. The Kier molecular flexibility index (Phi) is 2.18. The molecule has 0 radical (unpaired) electrons. The first-order valence-corrected chi connectivity index (χ1v) is 3.97. The highest BCUT2D eigenvalue weighted by atomic mass is 79.9. The smallest absolute Gasteiger partial charge is 0.133 e. The zero-order valence-electron chi connectivity index (χ0n) is 6.28. The number of aromatic hydroxyl groups is 1. The highest BCUT2D eigenvalue weighted by molar-refractivity contribution is 9.10. The van der Waals surface area contributed by atoms with E-state index in [0.717, 1.165) is 0 Å². The molecular formula is C8H8BrFO. The molecule has 1 aromatic rings. The lowest BCUT2D eigenvalue weighted by molar-refractivity contribution is 0.463. The van der Waals surface area contributed by atoms with Gasteiger partial charge < -0.3 is 5.11 Å². The van der Waals surface area contributed by atoms with Crippen molar-refractivity contribution in [2.24, 2.45) is 0 Å². The van der Waals surface area contributed by atoms with Crippen LogP contribution in [0.2, 0.25) is 0 Å². The van der Waals surface area contributed by atoms with E-state index in [-0.39, 0.29) is 11.6 Å². The largest absolute Gasteiger partial charge is 0.506 e. The fourth-order valence-corrected chi connectivity index (χ4v) is 1.32. The lowest BCUT2D eigenvalue weighted by atomic mass is 10.1. The number of rotatable bonds is 0. The van der Waals surface area contributed by atoms with Crippen molar-refractivity contribution in [3.05, 3.63) is 27.5 Å². The summed E-state index contributed by atoms with van der Waals surface area (Å²) in [5.74, 6) is -0.184. The molecule has 0 bridgehead atoms. The van der Waals surface area contributed by atoms with Gasteiger partial charge in [-0.15, -0.1) is 0 Å². The van der Waals surface area contributed by atoms with Gasteiger partial charge in [0.2, 0.25) is 0 Å². The molecule has 0 unspecified atom stereocenters. The molecule has 0 atom stereocenters. The monoisotopic (exact) mass is 218 g/mol. The molecule has 1 rings (SSSR count). The molecule has 0 amide bonds. The summed E-state index contributed by atoms with van der Waals surface area (Å²) in [6, 6.07) is 1.26. The number of hydrogen-bond donors (Lipinski definition) is 1. The van der Waals surface area contributed by atoms with E-state index in [2.05, 4.69) is 15.9 Å². The molecule has 0 heterocycles. The molecule has 0 aliphatic rings. The molecule has 1 N–H and O–H groups in total. The molecule has 1 nitrogen and oxygen atoms in total. The first-order chi connectivity index (χ1) is 5.04. The van der Waals surface area contributed by atoms with E-state index in [9.17, 15) is 9.50 Å². The van der Waals surface area contributed by atoms with Crippen molar-refractivity contribution in [2.45, 2.75) is 13.8 Å². The predicted molar refractivity (Wildman–Crippen MR) is 45.2 cm³/mol. The van der Waals surface area contributed by atoms with Crippen molar-refractivity contribution in [3.8, 4) is 5.75 Å². The molecule has 60 valence electrons. The van der Waals surface area contributed by atoms with E-state index < -0.39 is 0 Å². The molecule has 0 saturated carbocycles. The number of phenolic OH excluding ortho intramolecular Hbond substituents is 1. The summed E-state index contributed by atoms with van der Waals surface area (Å²) in [4.78, 5) is 0. The minimum atomic E-state index is -0.299. The van der Waals surface area contributed by atoms with Crippen LogP contribution in [0.1, 0.15) is 11.1 Å². The highest BCUT2D eigenvalue weighted by Gasteiger charge is 2.08. The van der Waals surface area contributed by atoms with Crippen molar-refractivity contribution in [2.75, 3.05) is 0 Å². The molecule has 0 fully saturated rings. The summed E-state index contributed by atoms with van der Waals surface area (Å²) in [5.41, 5.74) is 1.07. The average Bonchev–Trinajstić information content (AvgIpc) is 1.97. The SMILES string of the molecule is Cc1c(F)cc(Br)c(O)c1C. The van der Waals surface area contributed by atoms with E-state index in [1.807, 2.05) is 0 Å². The third kappa shape index (κ3) is 1.38. The third-order valence-electron chi connectivity index (χ3n) is 1.76. The summed E-state index contributed by atoms with van der Waals surface area (Å²) in [7, 11) is 0. The molecule has 0 aromatic heterocycles. The van der Waals surface area contributed by atoms with Crippen LogP contribution in [-0.4, -0.2) is 5.11 Å². The fraction of sp³-hybridized carbons (Fsp3) is 0.250. The van der Waals surface area contributed by atoms with Gasteiger partial charge >= 0.3 is 0 Å². The van der Waals surface area contributed by atoms with Gasteiger partial charge in [0.05, 0.1) is 4.47 Å². The van der Waals surface area contributed by atoms with Crippen molar-refractivity contribution < 1.29 is 9.50 Å². The molecule has 1 aromatic carbocycles. The second-order valence-electron chi connectivity index (χ2n) is 2.44. The third-order valence-corrected chi connectivity index (χ3v) is 2.36. The van der Waals surface area contributed by atoms with Gasteiger partial charge in [-0.05, 0) is 47.0 Å². The zero-order valence-corrected chi connectivity index (χ0v) is 7.87. The molecule has 0 spiro atoms. The Morgan fingerprint density at radius 1 is 1.36 bits per heavy atom. The number of phenols is 1. The van der Waals surface area contributed by atoms with Gasteiger partial charge in [-0.25, -0.2) is 4.39 Å². The predicted octanol–water partition coefficient (Wildman–Crippen LogP) is 2.91. The van der Waals surface area contributed by atoms with Gasteiger partial charge in [-0.1, -0.05) is 0 Å². The van der Waals surface area contributed by atoms with Gasteiger partial charge in [0.25, 0.3) is 0 Å². The molecule has 0 aliphatic carbocycles. The summed E-state index contributed by atoms with van der Waals surface area (Å²) in [5, 5.41) is 9.30. The fourth-order valence-electron chi connectivity index (χ4n) is 0.824. The minimum absolute atomic E-state index is 0.115. The van der Waals surface area contributed by atoms with Crippen LogP contribution in [-0.2, 0) is 0 Å². The molecule has 11 heavy (non-hydrogen) atoms. The summed E-state index contributed by atoms with van der Waals surface area (Å²) >= 11 is 3.04. The first kappa shape index (κ1) is 8.53. The standard InChI is InChI=1S/C8H8BrFO/c1-4-5(2)8(11)6(9)3-7(4)10/h3,11H,1-2H3. The average molecular weight is 219 g/mol. The second-order valence-corrected chi connectivity index (χ2v) is 3.29. The summed E-state index contributed by atoms with van der Waals surface area (Å²) in [6.07, 6.45) is 0. The van der Waals surface area contributed by atoms with Crippen molar-refractivity contribution in [3.63, 3.8) is 0 Å². The van der Waals surface area contributed by atoms with E-state index in [1.54, 1.807) is 13.8 Å². The second kappa shape index (κ2) is 2.81. The van der Waals surface area contributed by atoms with Crippen LogP contribution >= 0.6 is 15.9 Å². The Bertz CT molecular complexity index is 270. The lowest BCUT2D eigenvalue weighted by Crippen LogP contribution is -1.88.